The largest absolute Gasteiger partial charge is 0.381 e. The van der Waals surface area contributed by atoms with Crippen LogP contribution in [0.3, 0.4) is 0 Å². The first-order valence-electron chi connectivity index (χ1n) is 6.58. The number of thiophene rings is 1. The number of benzene rings is 1. The number of fused-ring (bicyclic) bond motifs is 1. The van der Waals surface area contributed by atoms with E-state index in [1.165, 1.54) is 4.70 Å². The molecule has 0 spiro atoms. The zero-order valence-electron chi connectivity index (χ0n) is 11.0. The van der Waals surface area contributed by atoms with E-state index in [9.17, 15) is 4.79 Å². The molecule has 2 heterocycles. The van der Waals surface area contributed by atoms with Crippen molar-refractivity contribution in [2.45, 2.75) is 18.9 Å². The van der Waals surface area contributed by atoms with Crippen molar-refractivity contribution in [2.24, 2.45) is 0 Å². The van der Waals surface area contributed by atoms with Crippen molar-refractivity contribution in [3.05, 3.63) is 35.2 Å². The van der Waals surface area contributed by atoms with Crippen molar-refractivity contribution < 1.29 is 9.53 Å². The van der Waals surface area contributed by atoms with Crippen LogP contribution >= 0.6 is 11.3 Å². The van der Waals surface area contributed by atoms with Gasteiger partial charge >= 0.3 is 0 Å². The third-order valence-electron chi connectivity index (χ3n) is 3.70. The number of piperidine rings is 1. The van der Waals surface area contributed by atoms with Gasteiger partial charge in [0.05, 0.1) is 11.0 Å². The molecule has 1 saturated heterocycles. The maximum absolute atomic E-state index is 12.5. The molecule has 1 aliphatic rings. The van der Waals surface area contributed by atoms with Gasteiger partial charge in [0.2, 0.25) is 0 Å². The van der Waals surface area contributed by atoms with Gasteiger partial charge in [0, 0.05) is 24.9 Å². The van der Waals surface area contributed by atoms with Gasteiger partial charge in [-0.1, -0.05) is 18.2 Å². The first-order chi connectivity index (χ1) is 9.28. The van der Waals surface area contributed by atoms with E-state index in [0.717, 1.165) is 36.2 Å². The molecule has 0 radical (unpaired) electrons. The quantitative estimate of drug-likeness (QED) is 0.842. The second-order valence-electron chi connectivity index (χ2n) is 4.88. The number of ether oxygens (including phenoxy) is 1. The van der Waals surface area contributed by atoms with Crippen LogP contribution in [-0.4, -0.2) is 37.1 Å². The fourth-order valence-electron chi connectivity index (χ4n) is 2.54. The fraction of sp³-hybridized carbons (Fsp3) is 0.400. The van der Waals surface area contributed by atoms with E-state index in [0.29, 0.717) is 6.10 Å². The second kappa shape index (κ2) is 5.31. The highest BCUT2D eigenvalue weighted by molar-refractivity contribution is 7.20. The predicted molar refractivity (Wildman–Crippen MR) is 77.8 cm³/mol. The molecular formula is C15H17NO2S. The summed E-state index contributed by atoms with van der Waals surface area (Å²) >= 11 is 1.58. The molecule has 100 valence electrons. The van der Waals surface area contributed by atoms with Crippen LogP contribution in [0.1, 0.15) is 22.5 Å². The highest BCUT2D eigenvalue weighted by Gasteiger charge is 2.24. The summed E-state index contributed by atoms with van der Waals surface area (Å²) in [5.41, 5.74) is 0. The van der Waals surface area contributed by atoms with Crippen molar-refractivity contribution in [3.63, 3.8) is 0 Å². The topological polar surface area (TPSA) is 29.5 Å². The van der Waals surface area contributed by atoms with Crippen LogP contribution in [-0.2, 0) is 4.74 Å². The Morgan fingerprint density at radius 2 is 2.05 bits per heavy atom. The van der Waals surface area contributed by atoms with Crippen LogP contribution in [0.25, 0.3) is 10.1 Å². The average molecular weight is 275 g/mol. The van der Waals surface area contributed by atoms with Crippen LogP contribution < -0.4 is 0 Å². The Labute approximate surface area is 116 Å². The van der Waals surface area contributed by atoms with Gasteiger partial charge in [0.25, 0.3) is 5.91 Å². The molecule has 2 aromatic rings. The lowest BCUT2D eigenvalue weighted by molar-refractivity contribution is 0.0353. The van der Waals surface area contributed by atoms with Crippen LogP contribution in [0.2, 0.25) is 0 Å². The predicted octanol–water partition coefficient (Wildman–Crippen LogP) is 3.15. The van der Waals surface area contributed by atoms with Gasteiger partial charge in [-0.15, -0.1) is 11.3 Å². The number of amides is 1. The Hall–Kier alpha value is -1.39. The Morgan fingerprint density at radius 1 is 1.32 bits per heavy atom. The van der Waals surface area contributed by atoms with Crippen molar-refractivity contribution in [1.29, 1.82) is 0 Å². The Bertz CT molecular complexity index is 552. The SMILES string of the molecule is COC1CCN(C(=O)c2cc3ccccc3s2)CC1. The number of carbonyl (C=O) groups excluding carboxylic acids is 1. The number of likely N-dealkylation sites (tertiary alicyclic amines) is 1. The zero-order valence-corrected chi connectivity index (χ0v) is 11.8. The molecule has 0 aliphatic carbocycles. The van der Waals surface area contributed by atoms with Crippen LogP contribution in [0.15, 0.2) is 30.3 Å². The molecule has 0 atom stereocenters. The minimum absolute atomic E-state index is 0.163. The lowest BCUT2D eigenvalue weighted by Crippen LogP contribution is -2.40. The van der Waals surface area contributed by atoms with Gasteiger partial charge < -0.3 is 9.64 Å². The Kier molecular flexibility index (Phi) is 3.53. The van der Waals surface area contributed by atoms with Crippen LogP contribution in [0, 0.1) is 0 Å². The number of hydrogen-bond acceptors (Lipinski definition) is 3. The highest BCUT2D eigenvalue weighted by Crippen LogP contribution is 2.27. The molecule has 1 aliphatic heterocycles. The van der Waals surface area contributed by atoms with Gasteiger partial charge in [-0.25, -0.2) is 0 Å². The third kappa shape index (κ3) is 2.51. The summed E-state index contributed by atoms with van der Waals surface area (Å²) in [4.78, 5) is 15.2. The van der Waals surface area contributed by atoms with E-state index in [1.807, 2.05) is 23.1 Å². The van der Waals surface area contributed by atoms with E-state index in [4.69, 9.17) is 4.74 Å². The molecule has 0 unspecified atom stereocenters. The van der Waals surface area contributed by atoms with Gasteiger partial charge in [-0.05, 0) is 30.4 Å². The maximum Gasteiger partial charge on any atom is 0.263 e. The third-order valence-corrected chi connectivity index (χ3v) is 4.80. The summed E-state index contributed by atoms with van der Waals surface area (Å²) in [7, 11) is 1.74. The van der Waals surface area contributed by atoms with Crippen molar-refractivity contribution in [1.82, 2.24) is 4.90 Å². The normalized spacial score (nSPS) is 17.0. The summed E-state index contributed by atoms with van der Waals surface area (Å²) in [5.74, 6) is 0.163. The summed E-state index contributed by atoms with van der Waals surface area (Å²) in [6.07, 6.45) is 2.19. The number of nitrogens with zero attached hydrogens (tertiary/aromatic N) is 1. The lowest BCUT2D eigenvalue weighted by Gasteiger charge is -2.30. The minimum Gasteiger partial charge on any atom is -0.381 e. The molecule has 1 aromatic carbocycles. The molecule has 0 bridgehead atoms. The molecule has 1 amide bonds. The van der Waals surface area contributed by atoms with Gasteiger partial charge in [0.1, 0.15) is 0 Å². The molecule has 0 saturated carbocycles. The van der Waals surface area contributed by atoms with Gasteiger partial charge in [-0.2, -0.15) is 0 Å². The monoisotopic (exact) mass is 275 g/mol. The van der Waals surface area contributed by atoms with Crippen molar-refractivity contribution >= 4 is 27.3 Å². The average Bonchev–Trinajstić information content (AvgIpc) is 2.90. The fourth-order valence-corrected chi connectivity index (χ4v) is 3.57. The molecular weight excluding hydrogens is 258 g/mol. The molecule has 19 heavy (non-hydrogen) atoms. The lowest BCUT2D eigenvalue weighted by atomic mass is 10.1. The summed E-state index contributed by atoms with van der Waals surface area (Å²) in [5, 5.41) is 1.16. The molecule has 1 aromatic heterocycles. The Morgan fingerprint density at radius 3 is 2.74 bits per heavy atom. The first kappa shape index (κ1) is 12.6. The smallest absolute Gasteiger partial charge is 0.263 e. The van der Waals surface area contributed by atoms with Crippen LogP contribution in [0.5, 0.6) is 0 Å². The first-order valence-corrected chi connectivity index (χ1v) is 7.40. The van der Waals surface area contributed by atoms with E-state index in [1.54, 1.807) is 18.4 Å². The van der Waals surface area contributed by atoms with E-state index in [2.05, 4.69) is 12.1 Å². The number of rotatable bonds is 2. The molecule has 0 N–H and O–H groups in total. The van der Waals surface area contributed by atoms with Gasteiger partial charge in [-0.3, -0.25) is 4.79 Å². The summed E-state index contributed by atoms with van der Waals surface area (Å²) < 4.78 is 6.52. The van der Waals surface area contributed by atoms with Crippen LogP contribution in [0.4, 0.5) is 0 Å². The summed E-state index contributed by atoms with van der Waals surface area (Å²) in [6, 6.07) is 10.1. The van der Waals surface area contributed by atoms with E-state index in [-0.39, 0.29) is 5.91 Å². The summed E-state index contributed by atoms with van der Waals surface area (Å²) in [6.45, 7) is 1.59. The Balaban J connectivity index is 1.77. The standard InChI is InChI=1S/C15H17NO2S/c1-18-12-6-8-16(9-7-12)15(17)14-10-11-4-2-3-5-13(11)19-14/h2-5,10,12H,6-9H2,1H3. The zero-order chi connectivity index (χ0) is 13.2. The van der Waals surface area contributed by atoms with E-state index < -0.39 is 0 Å². The highest BCUT2D eigenvalue weighted by atomic mass is 32.1. The van der Waals surface area contributed by atoms with E-state index >= 15 is 0 Å². The minimum atomic E-state index is 0.163. The second-order valence-corrected chi connectivity index (χ2v) is 5.96. The van der Waals surface area contributed by atoms with Gasteiger partial charge in [0.15, 0.2) is 0 Å². The molecule has 4 heteroatoms. The molecule has 3 rings (SSSR count). The molecule has 1 fully saturated rings. The molecule has 3 nitrogen and oxygen atoms in total. The van der Waals surface area contributed by atoms with Crippen molar-refractivity contribution in [3.8, 4) is 0 Å². The number of hydrogen-bond donors (Lipinski definition) is 0. The van der Waals surface area contributed by atoms with Crippen molar-refractivity contribution in [2.75, 3.05) is 20.2 Å². The maximum atomic E-state index is 12.5. The number of methoxy groups -OCH3 is 1. The number of carbonyl (C=O) groups is 1.